The van der Waals surface area contributed by atoms with E-state index < -0.39 is 0 Å². The number of nitrogens with zero attached hydrogens (tertiary/aromatic N) is 1. The van der Waals surface area contributed by atoms with E-state index >= 15 is 0 Å². The van der Waals surface area contributed by atoms with Crippen LogP contribution in [0, 0.1) is 0 Å². The van der Waals surface area contributed by atoms with Crippen molar-refractivity contribution in [2.75, 3.05) is 40.4 Å². The molecule has 1 N–H and O–H groups in total. The first-order chi connectivity index (χ1) is 7.83. The molecule has 0 amide bonds. The van der Waals surface area contributed by atoms with Crippen molar-refractivity contribution >= 4 is 11.3 Å². The fourth-order valence-electron chi connectivity index (χ4n) is 1.48. The number of likely N-dealkylation sites (N-methyl/N-ethyl adjacent to an activating group) is 1. The van der Waals surface area contributed by atoms with Gasteiger partial charge in [0, 0.05) is 38.2 Å². The summed E-state index contributed by atoms with van der Waals surface area (Å²) >= 11 is 1.82. The molecule has 0 saturated heterocycles. The quantitative estimate of drug-likeness (QED) is 0.668. The van der Waals surface area contributed by atoms with Gasteiger partial charge in [-0.2, -0.15) is 0 Å². The van der Waals surface area contributed by atoms with Crippen LogP contribution in [0.25, 0.3) is 0 Å². The highest BCUT2D eigenvalue weighted by molar-refractivity contribution is 7.09. The zero-order chi connectivity index (χ0) is 11.6. The van der Waals surface area contributed by atoms with E-state index in [9.17, 15) is 0 Å². The summed E-state index contributed by atoms with van der Waals surface area (Å²) in [6, 6.07) is 4.30. The van der Waals surface area contributed by atoms with Gasteiger partial charge in [0.05, 0.1) is 0 Å². The molecule has 0 fully saturated rings. The minimum absolute atomic E-state index is 0.845. The number of nitrogens with one attached hydrogen (secondary N) is 1. The van der Waals surface area contributed by atoms with E-state index in [4.69, 9.17) is 4.74 Å². The van der Waals surface area contributed by atoms with Crippen molar-refractivity contribution in [3.05, 3.63) is 22.4 Å². The van der Waals surface area contributed by atoms with E-state index in [2.05, 4.69) is 34.8 Å². The Kier molecular flexibility index (Phi) is 7.42. The zero-order valence-corrected chi connectivity index (χ0v) is 11.1. The maximum absolute atomic E-state index is 4.99. The number of ether oxygens (including phenoxy) is 1. The lowest BCUT2D eigenvalue weighted by molar-refractivity contribution is 0.194. The topological polar surface area (TPSA) is 24.5 Å². The van der Waals surface area contributed by atoms with Crippen molar-refractivity contribution in [2.45, 2.75) is 13.0 Å². The van der Waals surface area contributed by atoms with Crippen LogP contribution in [0.1, 0.15) is 11.3 Å². The standard InChI is InChI=1S/C12H22N2OS/c1-14(11-12-5-3-10-16-12)8-7-13-6-4-9-15-2/h3,5,10,13H,4,6-9,11H2,1-2H3. The largest absolute Gasteiger partial charge is 0.385 e. The van der Waals surface area contributed by atoms with Crippen LogP contribution in [0.4, 0.5) is 0 Å². The molecule has 1 aromatic rings. The van der Waals surface area contributed by atoms with Crippen LogP contribution in [-0.2, 0) is 11.3 Å². The van der Waals surface area contributed by atoms with Crippen LogP contribution in [0.15, 0.2) is 17.5 Å². The maximum atomic E-state index is 4.99. The van der Waals surface area contributed by atoms with Gasteiger partial charge in [0.15, 0.2) is 0 Å². The predicted molar refractivity (Wildman–Crippen MR) is 70.0 cm³/mol. The Bertz CT molecular complexity index is 252. The Labute approximate surface area is 102 Å². The van der Waals surface area contributed by atoms with Crippen LogP contribution in [0.3, 0.4) is 0 Å². The number of methoxy groups -OCH3 is 1. The summed E-state index contributed by atoms with van der Waals surface area (Å²) in [6.45, 7) is 5.08. The Morgan fingerprint density at radius 3 is 3.00 bits per heavy atom. The molecule has 0 unspecified atom stereocenters. The van der Waals surface area contributed by atoms with Gasteiger partial charge in [-0.3, -0.25) is 0 Å². The third-order valence-electron chi connectivity index (χ3n) is 2.38. The Morgan fingerprint density at radius 1 is 1.44 bits per heavy atom. The number of thiophene rings is 1. The number of hydrogen-bond acceptors (Lipinski definition) is 4. The second kappa shape index (κ2) is 8.70. The molecule has 0 atom stereocenters. The van der Waals surface area contributed by atoms with E-state index in [0.717, 1.165) is 39.2 Å². The fourth-order valence-corrected chi connectivity index (χ4v) is 2.27. The summed E-state index contributed by atoms with van der Waals surface area (Å²) in [4.78, 5) is 3.77. The predicted octanol–water partition coefficient (Wildman–Crippen LogP) is 1.81. The zero-order valence-electron chi connectivity index (χ0n) is 10.2. The van der Waals surface area contributed by atoms with Gasteiger partial charge in [-0.25, -0.2) is 0 Å². The molecular formula is C12H22N2OS. The van der Waals surface area contributed by atoms with Crippen LogP contribution in [0.5, 0.6) is 0 Å². The van der Waals surface area contributed by atoms with E-state index in [1.807, 2.05) is 11.3 Å². The molecule has 0 saturated carbocycles. The summed E-state index contributed by atoms with van der Waals surface area (Å²) in [5.74, 6) is 0. The molecule has 16 heavy (non-hydrogen) atoms. The Morgan fingerprint density at radius 2 is 2.31 bits per heavy atom. The Balaban J connectivity index is 1.96. The molecule has 1 heterocycles. The number of hydrogen-bond donors (Lipinski definition) is 1. The van der Waals surface area contributed by atoms with Gasteiger partial charge in [0.2, 0.25) is 0 Å². The molecule has 3 nitrogen and oxygen atoms in total. The molecule has 0 aromatic carbocycles. The lowest BCUT2D eigenvalue weighted by Crippen LogP contribution is -2.29. The summed E-state index contributed by atoms with van der Waals surface area (Å²) < 4.78 is 4.99. The summed E-state index contributed by atoms with van der Waals surface area (Å²) in [5.41, 5.74) is 0. The molecule has 0 bridgehead atoms. The van der Waals surface area contributed by atoms with Crippen molar-refractivity contribution in [2.24, 2.45) is 0 Å². The highest BCUT2D eigenvalue weighted by Crippen LogP contribution is 2.10. The normalized spacial score (nSPS) is 11.2. The minimum atomic E-state index is 0.845. The third kappa shape index (κ3) is 6.23. The Hall–Kier alpha value is -0.420. The summed E-state index contributed by atoms with van der Waals surface area (Å²) in [6.07, 6.45) is 1.09. The van der Waals surface area contributed by atoms with Crippen molar-refractivity contribution in [3.63, 3.8) is 0 Å². The van der Waals surface area contributed by atoms with Crippen LogP contribution >= 0.6 is 11.3 Å². The van der Waals surface area contributed by atoms with Gasteiger partial charge in [0.25, 0.3) is 0 Å². The average molecular weight is 242 g/mol. The lowest BCUT2D eigenvalue weighted by Gasteiger charge is -2.15. The molecule has 0 aliphatic carbocycles. The van der Waals surface area contributed by atoms with E-state index in [0.29, 0.717) is 0 Å². The summed E-state index contributed by atoms with van der Waals surface area (Å²) in [7, 11) is 3.91. The second-order valence-electron chi connectivity index (χ2n) is 3.91. The van der Waals surface area contributed by atoms with E-state index in [1.54, 1.807) is 7.11 Å². The molecule has 0 aliphatic rings. The van der Waals surface area contributed by atoms with Crippen LogP contribution in [-0.4, -0.2) is 45.3 Å². The molecular weight excluding hydrogens is 220 g/mol. The SMILES string of the molecule is COCCCNCCN(C)Cc1cccs1. The number of rotatable bonds is 9. The fraction of sp³-hybridized carbons (Fsp3) is 0.667. The first-order valence-electron chi connectivity index (χ1n) is 5.73. The lowest BCUT2D eigenvalue weighted by atomic mass is 10.4. The van der Waals surface area contributed by atoms with Gasteiger partial charge in [-0.15, -0.1) is 11.3 Å². The van der Waals surface area contributed by atoms with Crippen LogP contribution in [0.2, 0.25) is 0 Å². The summed E-state index contributed by atoms with van der Waals surface area (Å²) in [5, 5.41) is 5.54. The monoisotopic (exact) mass is 242 g/mol. The van der Waals surface area contributed by atoms with Gasteiger partial charge >= 0.3 is 0 Å². The average Bonchev–Trinajstić information content (AvgIpc) is 2.76. The first kappa shape index (κ1) is 13.6. The maximum Gasteiger partial charge on any atom is 0.0474 e. The van der Waals surface area contributed by atoms with Gasteiger partial charge in [0.1, 0.15) is 0 Å². The first-order valence-corrected chi connectivity index (χ1v) is 6.61. The molecule has 0 aliphatic heterocycles. The van der Waals surface area contributed by atoms with Crippen molar-refractivity contribution < 1.29 is 4.74 Å². The van der Waals surface area contributed by atoms with Crippen molar-refractivity contribution in [1.29, 1.82) is 0 Å². The second-order valence-corrected chi connectivity index (χ2v) is 4.95. The van der Waals surface area contributed by atoms with E-state index in [1.165, 1.54) is 4.88 Å². The van der Waals surface area contributed by atoms with Gasteiger partial charge in [-0.1, -0.05) is 6.07 Å². The molecule has 92 valence electrons. The highest BCUT2D eigenvalue weighted by atomic mass is 32.1. The van der Waals surface area contributed by atoms with Crippen LogP contribution < -0.4 is 5.32 Å². The molecule has 0 radical (unpaired) electrons. The van der Waals surface area contributed by atoms with Gasteiger partial charge < -0.3 is 15.0 Å². The van der Waals surface area contributed by atoms with Gasteiger partial charge in [-0.05, 0) is 31.5 Å². The molecule has 1 aromatic heterocycles. The molecule has 0 spiro atoms. The smallest absolute Gasteiger partial charge is 0.0474 e. The highest BCUT2D eigenvalue weighted by Gasteiger charge is 2.00. The van der Waals surface area contributed by atoms with Crippen molar-refractivity contribution in [3.8, 4) is 0 Å². The van der Waals surface area contributed by atoms with Crippen molar-refractivity contribution in [1.82, 2.24) is 10.2 Å². The molecule has 1 rings (SSSR count). The minimum Gasteiger partial charge on any atom is -0.385 e. The van der Waals surface area contributed by atoms with E-state index in [-0.39, 0.29) is 0 Å². The third-order valence-corrected chi connectivity index (χ3v) is 3.24. The molecule has 4 heteroatoms.